The number of hydrogen-bond acceptors (Lipinski definition) is 1. The van der Waals surface area contributed by atoms with Crippen LogP contribution in [0.1, 0.15) is 42.9 Å². The van der Waals surface area contributed by atoms with Crippen LogP contribution in [0.5, 0.6) is 0 Å². The van der Waals surface area contributed by atoms with Crippen LogP contribution in [0.15, 0.2) is 42.5 Å². The third kappa shape index (κ3) is 4.11. The fraction of sp³-hybridized carbons (Fsp3) is 0.316. The van der Waals surface area contributed by atoms with E-state index in [2.05, 4.69) is 25.2 Å². The highest BCUT2D eigenvalue weighted by molar-refractivity contribution is 6.31. The van der Waals surface area contributed by atoms with Crippen LogP contribution in [0.2, 0.25) is 5.02 Å². The largest absolute Gasteiger partial charge is 0.326 e. The van der Waals surface area contributed by atoms with E-state index >= 15 is 0 Å². The Bertz CT molecular complexity index is 664. The highest BCUT2D eigenvalue weighted by Gasteiger charge is 2.12. The maximum absolute atomic E-state index is 12.3. The predicted molar refractivity (Wildman–Crippen MR) is 93.7 cm³/mol. The second kappa shape index (κ2) is 7.46. The molecule has 3 heteroatoms. The minimum Gasteiger partial charge on any atom is -0.326 e. The zero-order valence-electron chi connectivity index (χ0n) is 13.3. The minimum absolute atomic E-state index is 0.0242. The predicted octanol–water partition coefficient (Wildman–Crippen LogP) is 5.34. The van der Waals surface area contributed by atoms with Crippen LogP contribution < -0.4 is 5.32 Å². The number of aryl methyl sites for hydroxylation is 2. The third-order valence-electron chi connectivity index (χ3n) is 3.77. The van der Waals surface area contributed by atoms with Gasteiger partial charge in [-0.15, -0.1) is 0 Å². The zero-order valence-corrected chi connectivity index (χ0v) is 14.1. The molecule has 116 valence electrons. The van der Waals surface area contributed by atoms with Crippen LogP contribution in [-0.4, -0.2) is 5.91 Å². The van der Waals surface area contributed by atoms with Crippen molar-refractivity contribution in [2.75, 3.05) is 5.32 Å². The lowest BCUT2D eigenvalue weighted by Gasteiger charge is -2.16. The molecule has 0 fully saturated rings. The van der Waals surface area contributed by atoms with Crippen LogP contribution in [0.3, 0.4) is 0 Å². The average Bonchev–Trinajstić information content (AvgIpc) is 2.48. The van der Waals surface area contributed by atoms with E-state index in [9.17, 15) is 4.79 Å². The summed E-state index contributed by atoms with van der Waals surface area (Å²) < 4.78 is 0. The second-order valence-corrected chi connectivity index (χ2v) is 6.24. The molecule has 2 aromatic rings. The summed E-state index contributed by atoms with van der Waals surface area (Å²) in [6.07, 6.45) is 1.07. The summed E-state index contributed by atoms with van der Waals surface area (Å²) in [7, 11) is 0. The van der Waals surface area contributed by atoms with Gasteiger partial charge >= 0.3 is 0 Å². The van der Waals surface area contributed by atoms with Crippen molar-refractivity contribution in [3.63, 3.8) is 0 Å². The number of para-hydroxylation sites is 1. The monoisotopic (exact) mass is 315 g/mol. The van der Waals surface area contributed by atoms with Crippen molar-refractivity contribution in [1.82, 2.24) is 0 Å². The lowest BCUT2D eigenvalue weighted by Crippen LogP contribution is -2.15. The fourth-order valence-electron chi connectivity index (χ4n) is 2.49. The van der Waals surface area contributed by atoms with Crippen molar-refractivity contribution < 1.29 is 4.79 Å². The molecular formula is C19H22ClNO. The van der Waals surface area contributed by atoms with Crippen molar-refractivity contribution in [1.29, 1.82) is 0 Å². The van der Waals surface area contributed by atoms with E-state index < -0.39 is 0 Å². The summed E-state index contributed by atoms with van der Waals surface area (Å²) >= 11 is 6.13. The SMILES string of the molecule is Cc1cccc(C(C)C)c1NC(=O)CCc1ccccc1Cl. The molecule has 1 amide bonds. The van der Waals surface area contributed by atoms with Crippen molar-refractivity contribution >= 4 is 23.2 Å². The van der Waals surface area contributed by atoms with Crippen LogP contribution in [0, 0.1) is 6.92 Å². The van der Waals surface area contributed by atoms with Crippen molar-refractivity contribution in [2.45, 2.75) is 39.5 Å². The number of amides is 1. The topological polar surface area (TPSA) is 29.1 Å². The van der Waals surface area contributed by atoms with Gasteiger partial charge in [0, 0.05) is 17.1 Å². The van der Waals surface area contributed by atoms with Crippen LogP contribution >= 0.6 is 11.6 Å². The molecule has 0 heterocycles. The van der Waals surface area contributed by atoms with Gasteiger partial charge in [0.1, 0.15) is 0 Å². The molecule has 2 nitrogen and oxygen atoms in total. The van der Waals surface area contributed by atoms with Gasteiger partial charge in [0.15, 0.2) is 0 Å². The minimum atomic E-state index is 0.0242. The first-order chi connectivity index (χ1) is 10.5. The molecule has 0 saturated carbocycles. The Labute approximate surface area is 137 Å². The summed E-state index contributed by atoms with van der Waals surface area (Å²) in [5, 5.41) is 3.78. The Kier molecular flexibility index (Phi) is 5.62. The molecule has 0 atom stereocenters. The molecule has 2 aromatic carbocycles. The van der Waals surface area contributed by atoms with E-state index in [0.29, 0.717) is 23.8 Å². The summed E-state index contributed by atoms with van der Waals surface area (Å²) in [6, 6.07) is 13.8. The number of carbonyl (C=O) groups is 1. The summed E-state index contributed by atoms with van der Waals surface area (Å²) in [4.78, 5) is 12.3. The van der Waals surface area contributed by atoms with E-state index in [-0.39, 0.29) is 5.91 Å². The molecule has 0 unspecified atom stereocenters. The Balaban J connectivity index is 2.05. The first kappa shape index (κ1) is 16.6. The number of nitrogens with one attached hydrogen (secondary N) is 1. The van der Waals surface area contributed by atoms with Gasteiger partial charge in [0.05, 0.1) is 0 Å². The highest BCUT2D eigenvalue weighted by Crippen LogP contribution is 2.27. The van der Waals surface area contributed by atoms with E-state index in [1.165, 1.54) is 5.56 Å². The Morgan fingerprint density at radius 2 is 1.86 bits per heavy atom. The van der Waals surface area contributed by atoms with Gasteiger partial charge in [-0.25, -0.2) is 0 Å². The number of hydrogen-bond donors (Lipinski definition) is 1. The molecule has 0 aromatic heterocycles. The zero-order chi connectivity index (χ0) is 16.1. The van der Waals surface area contributed by atoms with Crippen LogP contribution in [0.4, 0.5) is 5.69 Å². The number of halogens is 1. The average molecular weight is 316 g/mol. The summed E-state index contributed by atoms with van der Waals surface area (Å²) in [5.74, 6) is 0.398. The fourth-order valence-corrected chi connectivity index (χ4v) is 2.72. The molecule has 0 bridgehead atoms. The van der Waals surface area contributed by atoms with Gasteiger partial charge in [0.25, 0.3) is 0 Å². The van der Waals surface area contributed by atoms with Gasteiger partial charge in [-0.05, 0) is 42.0 Å². The number of rotatable bonds is 5. The van der Waals surface area contributed by atoms with E-state index in [4.69, 9.17) is 11.6 Å². The molecule has 0 aliphatic carbocycles. The Hall–Kier alpha value is -1.80. The molecular weight excluding hydrogens is 294 g/mol. The van der Waals surface area contributed by atoms with Gasteiger partial charge in [-0.3, -0.25) is 4.79 Å². The van der Waals surface area contributed by atoms with E-state index in [0.717, 1.165) is 16.8 Å². The first-order valence-corrected chi connectivity index (χ1v) is 7.99. The molecule has 2 rings (SSSR count). The van der Waals surface area contributed by atoms with Gasteiger partial charge in [-0.1, -0.05) is 61.8 Å². The maximum atomic E-state index is 12.3. The van der Waals surface area contributed by atoms with Crippen LogP contribution in [0.25, 0.3) is 0 Å². The maximum Gasteiger partial charge on any atom is 0.224 e. The summed E-state index contributed by atoms with van der Waals surface area (Å²) in [5.41, 5.74) is 4.22. The lowest BCUT2D eigenvalue weighted by molar-refractivity contribution is -0.116. The van der Waals surface area contributed by atoms with Crippen molar-refractivity contribution in [3.05, 3.63) is 64.2 Å². The van der Waals surface area contributed by atoms with Gasteiger partial charge < -0.3 is 5.32 Å². The Morgan fingerprint density at radius 3 is 2.55 bits per heavy atom. The van der Waals surface area contributed by atoms with Crippen molar-refractivity contribution in [3.8, 4) is 0 Å². The smallest absolute Gasteiger partial charge is 0.224 e. The molecule has 0 spiro atoms. The lowest BCUT2D eigenvalue weighted by atomic mass is 9.98. The van der Waals surface area contributed by atoms with Crippen molar-refractivity contribution in [2.24, 2.45) is 0 Å². The molecule has 22 heavy (non-hydrogen) atoms. The molecule has 0 aliphatic rings. The Morgan fingerprint density at radius 1 is 1.14 bits per heavy atom. The van der Waals surface area contributed by atoms with E-state index in [1.54, 1.807) is 0 Å². The molecule has 1 N–H and O–H groups in total. The first-order valence-electron chi connectivity index (χ1n) is 7.61. The molecule has 0 radical (unpaired) electrons. The highest BCUT2D eigenvalue weighted by atomic mass is 35.5. The van der Waals surface area contributed by atoms with Gasteiger partial charge in [-0.2, -0.15) is 0 Å². The second-order valence-electron chi connectivity index (χ2n) is 5.83. The molecule has 0 aliphatic heterocycles. The quantitative estimate of drug-likeness (QED) is 0.792. The van der Waals surface area contributed by atoms with Gasteiger partial charge in [0.2, 0.25) is 5.91 Å². The summed E-state index contributed by atoms with van der Waals surface area (Å²) in [6.45, 7) is 6.29. The normalized spacial score (nSPS) is 10.8. The number of benzene rings is 2. The number of anilines is 1. The third-order valence-corrected chi connectivity index (χ3v) is 4.14. The number of carbonyl (C=O) groups excluding carboxylic acids is 1. The standard InChI is InChI=1S/C19H22ClNO/c1-13(2)16-9-6-7-14(3)19(16)21-18(22)12-11-15-8-4-5-10-17(15)20/h4-10,13H,11-12H2,1-3H3,(H,21,22). The molecule has 0 saturated heterocycles. The van der Waals surface area contributed by atoms with E-state index in [1.807, 2.05) is 43.3 Å². The van der Waals surface area contributed by atoms with Crippen LogP contribution in [-0.2, 0) is 11.2 Å².